The fourth-order valence-corrected chi connectivity index (χ4v) is 2.57. The molecule has 5 heteroatoms. The van der Waals surface area contributed by atoms with Crippen LogP contribution in [0.1, 0.15) is 47.5 Å². The Morgan fingerprint density at radius 1 is 1.20 bits per heavy atom. The first kappa shape index (κ1) is 17.0. The molecular weight excluding hydrogens is 256 g/mol. The van der Waals surface area contributed by atoms with Crippen LogP contribution in [0.3, 0.4) is 0 Å². The molecule has 0 aromatic carbocycles. The van der Waals surface area contributed by atoms with Gasteiger partial charge in [0, 0.05) is 13.2 Å². The number of rotatable bonds is 6. The Labute approximate surface area is 122 Å². The van der Waals surface area contributed by atoms with Gasteiger partial charge in [0.2, 0.25) is 11.8 Å². The van der Waals surface area contributed by atoms with Crippen molar-refractivity contribution < 1.29 is 14.3 Å². The van der Waals surface area contributed by atoms with Crippen molar-refractivity contribution in [2.75, 3.05) is 19.8 Å². The van der Waals surface area contributed by atoms with E-state index < -0.39 is 12.1 Å². The standard InChI is InChI=1S/C15H28N2O3/c1-6-9-20-10-8-17-12(15(3,4)5)13(18)16-11(7-2)14(17)19/h11-12H,6-10H2,1-5H3,(H,16,18). The second-order valence-corrected chi connectivity index (χ2v) is 6.38. The molecule has 116 valence electrons. The minimum Gasteiger partial charge on any atom is -0.380 e. The molecule has 1 aliphatic rings. The predicted molar refractivity (Wildman–Crippen MR) is 78.3 cm³/mol. The number of nitrogens with zero attached hydrogens (tertiary/aromatic N) is 1. The molecular formula is C15H28N2O3. The molecule has 0 aliphatic carbocycles. The van der Waals surface area contributed by atoms with Gasteiger partial charge in [-0.2, -0.15) is 0 Å². The average molecular weight is 284 g/mol. The van der Waals surface area contributed by atoms with Crippen molar-refractivity contribution in [1.29, 1.82) is 0 Å². The van der Waals surface area contributed by atoms with Gasteiger partial charge in [0.25, 0.3) is 0 Å². The van der Waals surface area contributed by atoms with Gasteiger partial charge < -0.3 is 15.0 Å². The maximum absolute atomic E-state index is 12.5. The average Bonchev–Trinajstić information content (AvgIpc) is 2.36. The zero-order valence-corrected chi connectivity index (χ0v) is 13.4. The summed E-state index contributed by atoms with van der Waals surface area (Å²) in [5.74, 6) is -0.0495. The summed E-state index contributed by atoms with van der Waals surface area (Å²) in [6.07, 6.45) is 1.57. The quantitative estimate of drug-likeness (QED) is 0.753. The summed E-state index contributed by atoms with van der Waals surface area (Å²) >= 11 is 0. The number of hydrogen-bond acceptors (Lipinski definition) is 3. The summed E-state index contributed by atoms with van der Waals surface area (Å²) in [7, 11) is 0. The van der Waals surface area contributed by atoms with E-state index >= 15 is 0 Å². The number of ether oxygens (including phenoxy) is 1. The van der Waals surface area contributed by atoms with Gasteiger partial charge in [0.1, 0.15) is 12.1 Å². The van der Waals surface area contributed by atoms with Crippen LogP contribution >= 0.6 is 0 Å². The van der Waals surface area contributed by atoms with E-state index in [1.54, 1.807) is 4.90 Å². The highest BCUT2D eigenvalue weighted by Gasteiger charge is 2.45. The molecule has 2 atom stereocenters. The van der Waals surface area contributed by atoms with E-state index in [4.69, 9.17) is 4.74 Å². The van der Waals surface area contributed by atoms with Crippen LogP contribution in [0.25, 0.3) is 0 Å². The normalized spacial score (nSPS) is 23.9. The van der Waals surface area contributed by atoms with E-state index in [0.717, 1.165) is 6.42 Å². The van der Waals surface area contributed by atoms with E-state index in [9.17, 15) is 9.59 Å². The van der Waals surface area contributed by atoms with Crippen LogP contribution < -0.4 is 5.32 Å². The summed E-state index contributed by atoms with van der Waals surface area (Å²) in [5, 5.41) is 2.83. The Balaban J connectivity index is 2.83. The fraction of sp³-hybridized carbons (Fsp3) is 0.867. The van der Waals surface area contributed by atoms with E-state index in [1.165, 1.54) is 0 Å². The Kier molecular flexibility index (Phi) is 5.99. The summed E-state index contributed by atoms with van der Waals surface area (Å²) in [6, 6.07) is -0.824. The second kappa shape index (κ2) is 7.07. The van der Waals surface area contributed by atoms with Gasteiger partial charge >= 0.3 is 0 Å². The van der Waals surface area contributed by atoms with Crippen molar-refractivity contribution in [3.63, 3.8) is 0 Å². The van der Waals surface area contributed by atoms with Gasteiger partial charge in [0.15, 0.2) is 0 Å². The lowest BCUT2D eigenvalue weighted by Crippen LogP contribution is -2.67. The van der Waals surface area contributed by atoms with Gasteiger partial charge in [0.05, 0.1) is 6.61 Å². The van der Waals surface area contributed by atoms with Gasteiger partial charge in [-0.3, -0.25) is 9.59 Å². The predicted octanol–water partition coefficient (Wildman–Crippen LogP) is 1.56. The summed E-state index contributed by atoms with van der Waals surface area (Å²) in [4.78, 5) is 26.5. The van der Waals surface area contributed by atoms with Gasteiger partial charge in [-0.1, -0.05) is 34.6 Å². The molecule has 0 aromatic heterocycles. The molecule has 2 unspecified atom stereocenters. The first-order valence-corrected chi connectivity index (χ1v) is 7.51. The molecule has 1 rings (SSSR count). The fourth-order valence-electron chi connectivity index (χ4n) is 2.57. The van der Waals surface area contributed by atoms with Crippen LogP contribution in [0, 0.1) is 5.41 Å². The smallest absolute Gasteiger partial charge is 0.245 e. The second-order valence-electron chi connectivity index (χ2n) is 6.38. The summed E-state index contributed by atoms with van der Waals surface area (Å²) < 4.78 is 5.47. The molecule has 1 heterocycles. The Morgan fingerprint density at radius 3 is 2.35 bits per heavy atom. The van der Waals surface area contributed by atoms with Crippen molar-refractivity contribution in [1.82, 2.24) is 10.2 Å². The van der Waals surface area contributed by atoms with Crippen LogP contribution in [-0.4, -0.2) is 48.6 Å². The van der Waals surface area contributed by atoms with E-state index in [-0.39, 0.29) is 17.2 Å². The number of piperazine rings is 1. The number of carbonyl (C=O) groups is 2. The third-order valence-corrected chi connectivity index (χ3v) is 3.51. The molecule has 5 nitrogen and oxygen atoms in total. The van der Waals surface area contributed by atoms with Gasteiger partial charge in [-0.05, 0) is 18.3 Å². The highest BCUT2D eigenvalue weighted by atomic mass is 16.5. The monoisotopic (exact) mass is 284 g/mol. The third-order valence-electron chi connectivity index (χ3n) is 3.51. The molecule has 0 saturated carbocycles. The molecule has 2 amide bonds. The van der Waals surface area contributed by atoms with Crippen LogP contribution in [0.15, 0.2) is 0 Å². The minimum atomic E-state index is -0.428. The SMILES string of the molecule is CCCOCCN1C(=O)C(CC)NC(=O)C1C(C)(C)C. The summed E-state index contributed by atoms with van der Waals surface area (Å²) in [6.45, 7) is 11.5. The molecule has 1 aliphatic heterocycles. The lowest BCUT2D eigenvalue weighted by molar-refractivity contribution is -0.154. The lowest BCUT2D eigenvalue weighted by Gasteiger charge is -2.44. The van der Waals surface area contributed by atoms with E-state index in [0.29, 0.717) is 26.2 Å². The van der Waals surface area contributed by atoms with Crippen molar-refractivity contribution in [2.45, 2.75) is 59.5 Å². The first-order valence-electron chi connectivity index (χ1n) is 7.51. The van der Waals surface area contributed by atoms with Crippen LogP contribution in [-0.2, 0) is 14.3 Å². The van der Waals surface area contributed by atoms with Crippen LogP contribution in [0.4, 0.5) is 0 Å². The number of amides is 2. The van der Waals surface area contributed by atoms with Crippen molar-refractivity contribution in [3.05, 3.63) is 0 Å². The van der Waals surface area contributed by atoms with Crippen LogP contribution in [0.2, 0.25) is 0 Å². The molecule has 0 radical (unpaired) electrons. The number of carbonyl (C=O) groups excluding carboxylic acids is 2. The molecule has 0 aromatic rings. The Hall–Kier alpha value is -1.10. The lowest BCUT2D eigenvalue weighted by atomic mass is 9.83. The molecule has 1 saturated heterocycles. The minimum absolute atomic E-state index is 0.00660. The highest BCUT2D eigenvalue weighted by molar-refractivity contribution is 5.97. The molecule has 0 spiro atoms. The van der Waals surface area contributed by atoms with Crippen molar-refractivity contribution >= 4 is 11.8 Å². The highest BCUT2D eigenvalue weighted by Crippen LogP contribution is 2.28. The maximum Gasteiger partial charge on any atom is 0.245 e. The Morgan fingerprint density at radius 2 is 1.85 bits per heavy atom. The molecule has 20 heavy (non-hydrogen) atoms. The summed E-state index contributed by atoms with van der Waals surface area (Å²) in [5.41, 5.74) is -0.288. The van der Waals surface area contributed by atoms with Gasteiger partial charge in [-0.15, -0.1) is 0 Å². The third kappa shape index (κ3) is 3.95. The topological polar surface area (TPSA) is 58.6 Å². The maximum atomic E-state index is 12.5. The zero-order chi connectivity index (χ0) is 15.3. The van der Waals surface area contributed by atoms with E-state index in [1.807, 2.05) is 34.6 Å². The largest absolute Gasteiger partial charge is 0.380 e. The Bertz CT molecular complexity index is 350. The number of nitrogens with one attached hydrogen (secondary N) is 1. The number of hydrogen-bond donors (Lipinski definition) is 1. The van der Waals surface area contributed by atoms with Crippen molar-refractivity contribution in [3.8, 4) is 0 Å². The molecule has 1 N–H and O–H groups in total. The zero-order valence-electron chi connectivity index (χ0n) is 13.4. The van der Waals surface area contributed by atoms with E-state index in [2.05, 4.69) is 5.32 Å². The molecule has 0 bridgehead atoms. The van der Waals surface area contributed by atoms with Gasteiger partial charge in [-0.25, -0.2) is 0 Å². The first-order chi connectivity index (χ1) is 9.32. The molecule has 1 fully saturated rings. The van der Waals surface area contributed by atoms with Crippen molar-refractivity contribution in [2.24, 2.45) is 5.41 Å². The van der Waals surface area contributed by atoms with Crippen LogP contribution in [0.5, 0.6) is 0 Å².